The van der Waals surface area contributed by atoms with E-state index >= 15 is 0 Å². The SMILES string of the molecule is O=C(C1CC(=O)N(C2CCCC2)C1)N1CCN(S(=O)(=O)c2ccc3c(c2)CCC3)CC1. The Labute approximate surface area is 184 Å². The fourth-order valence-electron chi connectivity index (χ4n) is 5.73. The molecule has 0 N–H and O–H groups in total. The zero-order valence-electron chi connectivity index (χ0n) is 18.0. The summed E-state index contributed by atoms with van der Waals surface area (Å²) in [6, 6.07) is 5.80. The molecule has 2 heterocycles. The number of hydrogen-bond acceptors (Lipinski definition) is 4. The van der Waals surface area contributed by atoms with Crippen molar-refractivity contribution in [2.45, 2.75) is 62.3 Å². The highest BCUT2D eigenvalue weighted by molar-refractivity contribution is 7.89. The number of benzene rings is 1. The van der Waals surface area contributed by atoms with E-state index in [1.54, 1.807) is 11.0 Å². The largest absolute Gasteiger partial charge is 0.340 e. The molecule has 0 bridgehead atoms. The van der Waals surface area contributed by atoms with Crippen molar-refractivity contribution in [3.05, 3.63) is 29.3 Å². The van der Waals surface area contributed by atoms with Gasteiger partial charge in [-0.1, -0.05) is 18.9 Å². The number of rotatable bonds is 4. The summed E-state index contributed by atoms with van der Waals surface area (Å²) in [5.41, 5.74) is 2.40. The summed E-state index contributed by atoms with van der Waals surface area (Å²) in [5.74, 6) is -0.181. The molecule has 1 unspecified atom stereocenters. The Bertz CT molecular complexity index is 979. The second-order valence-electron chi connectivity index (χ2n) is 9.40. The maximum absolute atomic E-state index is 13.1. The van der Waals surface area contributed by atoms with Gasteiger partial charge in [0.1, 0.15) is 0 Å². The average Bonchev–Trinajstić information content (AvgIpc) is 3.53. The Balaban J connectivity index is 1.20. The summed E-state index contributed by atoms with van der Waals surface area (Å²) in [7, 11) is -3.55. The number of carbonyl (C=O) groups excluding carboxylic acids is 2. The first-order valence-corrected chi connectivity index (χ1v) is 13.1. The van der Waals surface area contributed by atoms with Gasteiger partial charge in [0.05, 0.1) is 10.8 Å². The van der Waals surface area contributed by atoms with Gasteiger partial charge in [0, 0.05) is 45.2 Å². The van der Waals surface area contributed by atoms with Crippen LogP contribution in [0.1, 0.15) is 49.7 Å². The molecule has 0 spiro atoms. The lowest BCUT2D eigenvalue weighted by atomic mass is 10.1. The number of carbonyl (C=O) groups is 2. The molecule has 0 radical (unpaired) electrons. The molecule has 31 heavy (non-hydrogen) atoms. The van der Waals surface area contributed by atoms with Gasteiger partial charge in [-0.2, -0.15) is 4.31 Å². The molecule has 2 aliphatic carbocycles. The van der Waals surface area contributed by atoms with Crippen LogP contribution in [-0.4, -0.2) is 73.1 Å². The molecule has 2 aliphatic heterocycles. The van der Waals surface area contributed by atoms with Crippen molar-refractivity contribution in [2.24, 2.45) is 5.92 Å². The van der Waals surface area contributed by atoms with E-state index in [1.165, 1.54) is 9.87 Å². The van der Waals surface area contributed by atoms with Crippen LogP contribution in [0, 0.1) is 5.92 Å². The Kier molecular flexibility index (Phi) is 5.54. The van der Waals surface area contributed by atoms with E-state index in [9.17, 15) is 18.0 Å². The van der Waals surface area contributed by atoms with Gasteiger partial charge in [0.25, 0.3) is 0 Å². The minimum absolute atomic E-state index is 0.00317. The second-order valence-corrected chi connectivity index (χ2v) is 11.3. The lowest BCUT2D eigenvalue weighted by molar-refractivity contribution is -0.137. The van der Waals surface area contributed by atoms with Crippen LogP contribution in [0.3, 0.4) is 0 Å². The van der Waals surface area contributed by atoms with E-state index in [2.05, 4.69) is 0 Å². The van der Waals surface area contributed by atoms with E-state index in [0.717, 1.165) is 50.5 Å². The quantitative estimate of drug-likeness (QED) is 0.708. The van der Waals surface area contributed by atoms with Gasteiger partial charge in [-0.25, -0.2) is 8.42 Å². The minimum Gasteiger partial charge on any atom is -0.340 e. The van der Waals surface area contributed by atoms with Crippen molar-refractivity contribution in [1.82, 2.24) is 14.1 Å². The first kappa shape index (κ1) is 20.9. The highest BCUT2D eigenvalue weighted by Crippen LogP contribution is 2.31. The molecule has 168 valence electrons. The maximum atomic E-state index is 13.1. The monoisotopic (exact) mass is 445 g/mol. The highest BCUT2D eigenvalue weighted by Gasteiger charge is 2.41. The molecule has 2 saturated heterocycles. The van der Waals surface area contributed by atoms with Crippen molar-refractivity contribution in [3.63, 3.8) is 0 Å². The van der Waals surface area contributed by atoms with Crippen LogP contribution in [-0.2, 0) is 32.5 Å². The molecule has 7 nitrogen and oxygen atoms in total. The molecule has 1 saturated carbocycles. The van der Waals surface area contributed by atoms with Crippen LogP contribution >= 0.6 is 0 Å². The van der Waals surface area contributed by atoms with E-state index < -0.39 is 10.0 Å². The van der Waals surface area contributed by atoms with Gasteiger partial charge in [0.2, 0.25) is 21.8 Å². The standard InChI is InChI=1S/C23H31N3O4S/c27-22-15-19(16-26(22)20-6-1-2-7-20)23(28)24-10-12-25(13-11-24)31(29,30)21-9-8-17-4-3-5-18(17)14-21/h8-9,14,19-20H,1-7,10-13,15-16H2. The van der Waals surface area contributed by atoms with Crippen LogP contribution < -0.4 is 0 Å². The second kappa shape index (κ2) is 8.20. The lowest BCUT2D eigenvalue weighted by Crippen LogP contribution is -2.52. The third-order valence-electron chi connectivity index (χ3n) is 7.53. The smallest absolute Gasteiger partial charge is 0.243 e. The van der Waals surface area contributed by atoms with Crippen molar-refractivity contribution in [3.8, 4) is 0 Å². The van der Waals surface area contributed by atoms with Crippen molar-refractivity contribution >= 4 is 21.8 Å². The number of sulfonamides is 1. The molecule has 1 aromatic rings. The summed E-state index contributed by atoms with van der Waals surface area (Å²) in [6.45, 7) is 1.90. The van der Waals surface area contributed by atoms with Crippen LogP contribution in [0.4, 0.5) is 0 Å². The molecule has 5 rings (SSSR count). The number of aryl methyl sites for hydroxylation is 2. The molecule has 1 aromatic carbocycles. The lowest BCUT2D eigenvalue weighted by Gasteiger charge is -2.35. The van der Waals surface area contributed by atoms with Crippen LogP contribution in [0.15, 0.2) is 23.1 Å². The van der Waals surface area contributed by atoms with Gasteiger partial charge < -0.3 is 9.80 Å². The number of likely N-dealkylation sites (tertiary alicyclic amines) is 1. The van der Waals surface area contributed by atoms with E-state index in [0.29, 0.717) is 50.1 Å². The Hall–Kier alpha value is -1.93. The Morgan fingerprint density at radius 1 is 0.935 bits per heavy atom. The molecule has 4 aliphatic rings. The topological polar surface area (TPSA) is 78.0 Å². The minimum atomic E-state index is -3.55. The summed E-state index contributed by atoms with van der Waals surface area (Å²) in [6.07, 6.45) is 7.76. The molecule has 2 amide bonds. The Morgan fingerprint density at radius 3 is 2.39 bits per heavy atom. The predicted octanol–water partition coefficient (Wildman–Crippen LogP) is 1.80. The van der Waals surface area contributed by atoms with Gasteiger partial charge in [-0.05, 0) is 55.4 Å². The number of hydrogen-bond donors (Lipinski definition) is 0. The van der Waals surface area contributed by atoms with Crippen LogP contribution in [0.2, 0.25) is 0 Å². The molecule has 8 heteroatoms. The van der Waals surface area contributed by atoms with E-state index in [1.807, 2.05) is 17.0 Å². The molecular weight excluding hydrogens is 414 g/mol. The predicted molar refractivity (Wildman–Crippen MR) is 116 cm³/mol. The molecule has 1 atom stereocenters. The van der Waals surface area contributed by atoms with Gasteiger partial charge >= 0.3 is 0 Å². The summed E-state index contributed by atoms with van der Waals surface area (Å²) in [5, 5.41) is 0. The third-order valence-corrected chi connectivity index (χ3v) is 9.43. The Morgan fingerprint density at radius 2 is 1.65 bits per heavy atom. The number of amides is 2. The number of nitrogens with zero attached hydrogens (tertiary/aromatic N) is 3. The van der Waals surface area contributed by atoms with Crippen LogP contribution in [0.25, 0.3) is 0 Å². The highest BCUT2D eigenvalue weighted by atomic mass is 32.2. The van der Waals surface area contributed by atoms with Crippen molar-refractivity contribution in [1.29, 1.82) is 0 Å². The first-order valence-electron chi connectivity index (χ1n) is 11.6. The van der Waals surface area contributed by atoms with Gasteiger partial charge in [-0.3, -0.25) is 9.59 Å². The third kappa shape index (κ3) is 3.89. The molecule has 3 fully saturated rings. The number of piperazine rings is 1. The number of fused-ring (bicyclic) bond motifs is 1. The van der Waals surface area contributed by atoms with Gasteiger partial charge in [-0.15, -0.1) is 0 Å². The average molecular weight is 446 g/mol. The summed E-state index contributed by atoms with van der Waals surface area (Å²) in [4.78, 5) is 29.5. The van der Waals surface area contributed by atoms with E-state index in [-0.39, 0.29) is 17.7 Å². The molecule has 0 aromatic heterocycles. The van der Waals surface area contributed by atoms with E-state index in [4.69, 9.17) is 0 Å². The zero-order valence-corrected chi connectivity index (χ0v) is 18.8. The van der Waals surface area contributed by atoms with Crippen molar-refractivity contribution in [2.75, 3.05) is 32.7 Å². The van der Waals surface area contributed by atoms with Gasteiger partial charge in [0.15, 0.2) is 0 Å². The summed E-state index contributed by atoms with van der Waals surface area (Å²) >= 11 is 0. The fourth-order valence-corrected chi connectivity index (χ4v) is 7.20. The van der Waals surface area contributed by atoms with Crippen LogP contribution in [0.5, 0.6) is 0 Å². The maximum Gasteiger partial charge on any atom is 0.243 e. The molecular formula is C23H31N3O4S. The summed E-state index contributed by atoms with van der Waals surface area (Å²) < 4.78 is 27.7. The normalized spacial score (nSPS) is 25.4. The van der Waals surface area contributed by atoms with Crippen molar-refractivity contribution < 1.29 is 18.0 Å². The first-order chi connectivity index (χ1) is 14.9. The zero-order chi connectivity index (χ0) is 21.6. The fraction of sp³-hybridized carbons (Fsp3) is 0.652.